The molecule has 25 heavy (non-hydrogen) atoms. The van der Waals surface area contributed by atoms with Crippen molar-refractivity contribution >= 4 is 17.0 Å². The van der Waals surface area contributed by atoms with E-state index in [1.54, 1.807) is 6.07 Å². The van der Waals surface area contributed by atoms with Crippen molar-refractivity contribution in [2.75, 3.05) is 6.54 Å². The third kappa shape index (κ3) is 2.81. The Morgan fingerprint density at radius 2 is 2.24 bits per heavy atom. The molecule has 1 aliphatic heterocycles. The summed E-state index contributed by atoms with van der Waals surface area (Å²) in [5.41, 5.74) is 2.29. The summed E-state index contributed by atoms with van der Waals surface area (Å²) in [6.45, 7) is 5.60. The van der Waals surface area contributed by atoms with Gasteiger partial charge in [0.1, 0.15) is 11.3 Å². The molecular formula is C19H22N4O2. The molecule has 0 unspecified atom stereocenters. The van der Waals surface area contributed by atoms with Crippen LogP contribution in [0.1, 0.15) is 54.3 Å². The number of imidazole rings is 1. The van der Waals surface area contributed by atoms with Crippen LogP contribution in [-0.4, -0.2) is 31.9 Å². The summed E-state index contributed by atoms with van der Waals surface area (Å²) in [5.74, 6) is 1.24. The van der Waals surface area contributed by atoms with E-state index in [0.717, 1.165) is 49.4 Å². The SMILES string of the molecule is CCn1ccnc1[C@H]1CCCCN1C(=O)c1cc2nc(C)ccc2o1. The molecule has 6 heteroatoms. The largest absolute Gasteiger partial charge is 0.449 e. The number of amides is 1. The molecular weight excluding hydrogens is 316 g/mol. The molecule has 3 aromatic rings. The van der Waals surface area contributed by atoms with Crippen LogP contribution in [0.3, 0.4) is 0 Å². The van der Waals surface area contributed by atoms with Gasteiger partial charge >= 0.3 is 0 Å². The number of pyridine rings is 1. The van der Waals surface area contributed by atoms with E-state index >= 15 is 0 Å². The van der Waals surface area contributed by atoms with Gasteiger partial charge in [0.05, 0.1) is 6.04 Å². The lowest BCUT2D eigenvalue weighted by Crippen LogP contribution is -2.39. The Kier molecular flexibility index (Phi) is 4.03. The van der Waals surface area contributed by atoms with E-state index < -0.39 is 0 Å². The number of rotatable bonds is 3. The molecule has 0 bridgehead atoms. The minimum atomic E-state index is -0.0778. The molecule has 0 aromatic carbocycles. The van der Waals surface area contributed by atoms with Gasteiger partial charge in [-0.2, -0.15) is 0 Å². The van der Waals surface area contributed by atoms with Crippen LogP contribution >= 0.6 is 0 Å². The van der Waals surface area contributed by atoms with Gasteiger partial charge in [-0.25, -0.2) is 9.97 Å². The Hall–Kier alpha value is -2.63. The maximum atomic E-state index is 13.1. The molecule has 0 aliphatic carbocycles. The van der Waals surface area contributed by atoms with Gasteiger partial charge in [0.2, 0.25) is 0 Å². The van der Waals surface area contributed by atoms with Gasteiger partial charge in [-0.1, -0.05) is 0 Å². The van der Waals surface area contributed by atoms with E-state index in [1.165, 1.54) is 0 Å². The normalized spacial score (nSPS) is 18.0. The molecule has 130 valence electrons. The third-order valence-electron chi connectivity index (χ3n) is 4.87. The molecule has 0 radical (unpaired) electrons. The van der Waals surface area contributed by atoms with Crippen LogP contribution < -0.4 is 0 Å². The van der Waals surface area contributed by atoms with E-state index in [1.807, 2.05) is 36.4 Å². The van der Waals surface area contributed by atoms with Crippen molar-refractivity contribution in [2.45, 2.75) is 45.7 Å². The van der Waals surface area contributed by atoms with Crippen molar-refractivity contribution in [3.8, 4) is 0 Å². The van der Waals surface area contributed by atoms with E-state index in [4.69, 9.17) is 4.42 Å². The Balaban J connectivity index is 1.68. The van der Waals surface area contributed by atoms with Crippen LogP contribution in [0.4, 0.5) is 0 Å². The van der Waals surface area contributed by atoms with Crippen LogP contribution in [0, 0.1) is 6.92 Å². The topological polar surface area (TPSA) is 64.2 Å². The summed E-state index contributed by atoms with van der Waals surface area (Å²) in [4.78, 5) is 24.0. The van der Waals surface area contributed by atoms with Crippen molar-refractivity contribution in [2.24, 2.45) is 0 Å². The molecule has 0 spiro atoms. The molecule has 1 saturated heterocycles. The maximum Gasteiger partial charge on any atom is 0.290 e. The number of piperidine rings is 1. The molecule has 0 saturated carbocycles. The van der Waals surface area contributed by atoms with Gasteiger partial charge in [0.15, 0.2) is 11.3 Å². The van der Waals surface area contributed by atoms with Crippen LogP contribution in [0.25, 0.3) is 11.1 Å². The van der Waals surface area contributed by atoms with Gasteiger partial charge in [0, 0.05) is 37.2 Å². The summed E-state index contributed by atoms with van der Waals surface area (Å²) in [6, 6.07) is 5.51. The minimum absolute atomic E-state index is 0.000826. The maximum absolute atomic E-state index is 13.1. The minimum Gasteiger partial charge on any atom is -0.449 e. The number of nitrogens with zero attached hydrogens (tertiary/aromatic N) is 4. The zero-order chi connectivity index (χ0) is 17.4. The highest BCUT2D eigenvalue weighted by Gasteiger charge is 2.32. The molecule has 1 atom stereocenters. The molecule has 1 fully saturated rings. The highest BCUT2D eigenvalue weighted by atomic mass is 16.3. The summed E-state index contributed by atoms with van der Waals surface area (Å²) in [7, 11) is 0. The molecule has 1 aliphatic rings. The zero-order valence-corrected chi connectivity index (χ0v) is 14.6. The Morgan fingerprint density at radius 1 is 1.36 bits per heavy atom. The first-order valence-electron chi connectivity index (χ1n) is 8.86. The highest BCUT2D eigenvalue weighted by molar-refractivity contribution is 5.95. The fourth-order valence-corrected chi connectivity index (χ4v) is 3.60. The van der Waals surface area contributed by atoms with E-state index in [-0.39, 0.29) is 11.9 Å². The number of fused-ring (bicyclic) bond motifs is 1. The summed E-state index contributed by atoms with van der Waals surface area (Å²) in [6.07, 6.45) is 6.82. The molecule has 3 aromatic heterocycles. The van der Waals surface area contributed by atoms with Crippen molar-refractivity contribution in [3.05, 3.63) is 47.9 Å². The molecule has 4 heterocycles. The number of likely N-dealkylation sites (tertiary alicyclic amines) is 1. The lowest BCUT2D eigenvalue weighted by molar-refractivity contribution is 0.0565. The first-order valence-corrected chi connectivity index (χ1v) is 8.86. The standard InChI is InChI=1S/C19H22N4O2/c1-3-22-11-9-20-18(22)15-6-4-5-10-23(15)19(24)17-12-14-16(25-17)8-7-13(2)21-14/h7-9,11-12,15H,3-6,10H2,1-2H3/t15-/m1/s1. The lowest BCUT2D eigenvalue weighted by Gasteiger charge is -2.34. The summed E-state index contributed by atoms with van der Waals surface area (Å²) in [5, 5.41) is 0. The van der Waals surface area contributed by atoms with Crippen LogP contribution in [0.5, 0.6) is 0 Å². The number of aromatic nitrogens is 3. The van der Waals surface area contributed by atoms with E-state index in [2.05, 4.69) is 21.5 Å². The Bertz CT molecular complexity index is 911. The molecule has 1 amide bonds. The number of aryl methyl sites for hydroxylation is 2. The fraction of sp³-hybridized carbons (Fsp3) is 0.421. The Morgan fingerprint density at radius 3 is 3.08 bits per heavy atom. The number of carbonyl (C=O) groups excluding carboxylic acids is 1. The van der Waals surface area contributed by atoms with Crippen molar-refractivity contribution in [3.63, 3.8) is 0 Å². The quantitative estimate of drug-likeness (QED) is 0.730. The van der Waals surface area contributed by atoms with E-state index in [9.17, 15) is 4.79 Å². The second-order valence-electron chi connectivity index (χ2n) is 6.53. The van der Waals surface area contributed by atoms with Crippen molar-refractivity contribution in [1.82, 2.24) is 19.4 Å². The van der Waals surface area contributed by atoms with Crippen LogP contribution in [0.2, 0.25) is 0 Å². The first-order chi connectivity index (χ1) is 12.2. The van der Waals surface area contributed by atoms with Gasteiger partial charge in [-0.15, -0.1) is 0 Å². The first kappa shape index (κ1) is 15.9. The molecule has 6 nitrogen and oxygen atoms in total. The van der Waals surface area contributed by atoms with Gasteiger partial charge < -0.3 is 13.9 Å². The van der Waals surface area contributed by atoms with E-state index in [0.29, 0.717) is 11.3 Å². The van der Waals surface area contributed by atoms with Gasteiger partial charge in [0.25, 0.3) is 5.91 Å². The van der Waals surface area contributed by atoms with Crippen LogP contribution in [-0.2, 0) is 6.54 Å². The summed E-state index contributed by atoms with van der Waals surface area (Å²) >= 11 is 0. The number of hydrogen-bond acceptors (Lipinski definition) is 4. The molecule has 4 rings (SSSR count). The zero-order valence-electron chi connectivity index (χ0n) is 14.6. The number of carbonyl (C=O) groups is 1. The fourth-order valence-electron chi connectivity index (χ4n) is 3.60. The third-order valence-corrected chi connectivity index (χ3v) is 4.87. The summed E-state index contributed by atoms with van der Waals surface area (Å²) < 4.78 is 7.89. The second kappa shape index (κ2) is 6.35. The monoisotopic (exact) mass is 338 g/mol. The van der Waals surface area contributed by atoms with Crippen molar-refractivity contribution < 1.29 is 9.21 Å². The Labute approximate surface area is 146 Å². The predicted octanol–water partition coefficient (Wildman–Crippen LogP) is 3.72. The predicted molar refractivity (Wildman–Crippen MR) is 94.3 cm³/mol. The average Bonchev–Trinajstić information content (AvgIpc) is 3.27. The highest BCUT2D eigenvalue weighted by Crippen LogP contribution is 2.32. The van der Waals surface area contributed by atoms with Crippen LogP contribution in [0.15, 0.2) is 35.0 Å². The average molecular weight is 338 g/mol. The van der Waals surface area contributed by atoms with Gasteiger partial charge in [-0.05, 0) is 45.2 Å². The smallest absolute Gasteiger partial charge is 0.290 e. The number of furan rings is 1. The van der Waals surface area contributed by atoms with Gasteiger partial charge in [-0.3, -0.25) is 4.79 Å². The second-order valence-corrected chi connectivity index (χ2v) is 6.53. The molecule has 0 N–H and O–H groups in total. The number of hydrogen-bond donors (Lipinski definition) is 0. The van der Waals surface area contributed by atoms with Crippen molar-refractivity contribution in [1.29, 1.82) is 0 Å². The lowest BCUT2D eigenvalue weighted by atomic mass is 10.0.